The van der Waals surface area contributed by atoms with Gasteiger partial charge in [0.1, 0.15) is 0 Å². The number of hydrogen-bond donors (Lipinski definition) is 0. The largest absolute Gasteiger partial charge is 0.293 e. The Bertz CT molecular complexity index is 1370. The molecule has 1 heterocycles. The summed E-state index contributed by atoms with van der Waals surface area (Å²) in [6.45, 7) is 8.14. The molecule has 4 nitrogen and oxygen atoms in total. The summed E-state index contributed by atoms with van der Waals surface area (Å²) in [6.07, 6.45) is 0. The maximum atomic E-state index is 13.6. The van der Waals surface area contributed by atoms with E-state index in [9.17, 15) is 9.59 Å². The summed E-state index contributed by atoms with van der Waals surface area (Å²) in [5.74, 6) is 0.472. The Balaban J connectivity index is 1.82. The zero-order valence-corrected chi connectivity index (χ0v) is 19.6. The third kappa shape index (κ3) is 4.26. The van der Waals surface area contributed by atoms with Gasteiger partial charge in [0, 0.05) is 5.56 Å². The first kappa shape index (κ1) is 22.0. The molecule has 32 heavy (non-hydrogen) atoms. The molecule has 1 aromatic heterocycles. The van der Waals surface area contributed by atoms with Gasteiger partial charge >= 0.3 is 0 Å². The number of Topliss-reactive ketones (excluding diaryl/α,β-unsaturated/α-hetero) is 1. The third-order valence-corrected chi connectivity index (χ3v) is 6.51. The molecule has 0 aliphatic heterocycles. The average Bonchev–Trinajstić information content (AvgIpc) is 2.79. The van der Waals surface area contributed by atoms with Crippen molar-refractivity contribution in [2.24, 2.45) is 0 Å². The van der Waals surface area contributed by atoms with Crippen molar-refractivity contribution in [1.82, 2.24) is 9.55 Å². The lowest BCUT2D eigenvalue weighted by Gasteiger charge is -2.18. The lowest BCUT2D eigenvalue weighted by atomic mass is 10.0. The molecule has 3 aromatic carbocycles. The highest BCUT2D eigenvalue weighted by Crippen LogP contribution is 2.27. The van der Waals surface area contributed by atoms with Gasteiger partial charge in [-0.25, -0.2) is 4.98 Å². The first-order chi connectivity index (χ1) is 15.4. The second-order valence-electron chi connectivity index (χ2n) is 8.30. The standard InChI is InChI=1S/C27H26N2O2S/c1-17(2)20-9-6-8-12-24(20)29-26(31)21-10-5-7-11-23(21)28-27(29)32-16-25(30)22-15-18(3)13-14-19(22)4/h5-15,17H,16H2,1-4H3. The molecule has 4 rings (SSSR count). The summed E-state index contributed by atoms with van der Waals surface area (Å²) in [5, 5.41) is 1.09. The molecular weight excluding hydrogens is 416 g/mol. The minimum absolute atomic E-state index is 0.0299. The van der Waals surface area contributed by atoms with Crippen molar-refractivity contribution in [2.75, 3.05) is 5.75 Å². The van der Waals surface area contributed by atoms with Crippen LogP contribution in [0.25, 0.3) is 16.6 Å². The molecule has 0 amide bonds. The van der Waals surface area contributed by atoms with Crippen LogP contribution in [0.5, 0.6) is 0 Å². The molecule has 0 unspecified atom stereocenters. The number of ketones is 1. The van der Waals surface area contributed by atoms with Crippen LogP contribution in [-0.4, -0.2) is 21.1 Å². The summed E-state index contributed by atoms with van der Waals surface area (Å²) in [4.78, 5) is 31.4. The zero-order chi connectivity index (χ0) is 22.8. The highest BCUT2D eigenvalue weighted by molar-refractivity contribution is 7.99. The van der Waals surface area contributed by atoms with Gasteiger partial charge in [-0.15, -0.1) is 0 Å². The summed E-state index contributed by atoms with van der Waals surface area (Å²) in [7, 11) is 0. The quantitative estimate of drug-likeness (QED) is 0.206. The van der Waals surface area contributed by atoms with Crippen molar-refractivity contribution in [2.45, 2.75) is 38.8 Å². The summed E-state index contributed by atoms with van der Waals surface area (Å²) < 4.78 is 1.67. The first-order valence-electron chi connectivity index (χ1n) is 10.7. The van der Waals surface area contributed by atoms with Gasteiger partial charge in [-0.2, -0.15) is 0 Å². The second-order valence-corrected chi connectivity index (χ2v) is 9.24. The Morgan fingerprint density at radius 3 is 2.50 bits per heavy atom. The number of fused-ring (bicyclic) bond motifs is 1. The van der Waals surface area contributed by atoms with Crippen LogP contribution in [0.2, 0.25) is 0 Å². The SMILES string of the molecule is Cc1ccc(C)c(C(=O)CSc2nc3ccccc3c(=O)n2-c2ccccc2C(C)C)c1. The van der Waals surface area contributed by atoms with E-state index in [1.54, 1.807) is 10.6 Å². The summed E-state index contributed by atoms with van der Waals surface area (Å²) in [5.41, 5.74) is 5.12. The van der Waals surface area contributed by atoms with E-state index in [0.29, 0.717) is 16.1 Å². The lowest BCUT2D eigenvalue weighted by molar-refractivity contribution is 0.102. The number of thioether (sulfide) groups is 1. The number of para-hydroxylation sites is 2. The predicted molar refractivity (Wildman–Crippen MR) is 132 cm³/mol. The van der Waals surface area contributed by atoms with Gasteiger partial charge in [0.15, 0.2) is 10.9 Å². The first-order valence-corrected chi connectivity index (χ1v) is 11.7. The van der Waals surface area contributed by atoms with Crippen molar-refractivity contribution >= 4 is 28.4 Å². The summed E-state index contributed by atoms with van der Waals surface area (Å²) in [6, 6.07) is 21.2. The Morgan fingerprint density at radius 2 is 1.72 bits per heavy atom. The molecule has 0 N–H and O–H groups in total. The van der Waals surface area contributed by atoms with Crippen molar-refractivity contribution < 1.29 is 4.79 Å². The highest BCUT2D eigenvalue weighted by Gasteiger charge is 2.18. The average molecular weight is 443 g/mol. The van der Waals surface area contributed by atoms with Gasteiger partial charge in [-0.05, 0) is 55.2 Å². The van der Waals surface area contributed by atoms with Crippen LogP contribution in [0.3, 0.4) is 0 Å². The summed E-state index contributed by atoms with van der Waals surface area (Å²) >= 11 is 1.31. The Morgan fingerprint density at radius 1 is 1.00 bits per heavy atom. The number of aromatic nitrogens is 2. The number of carbonyl (C=O) groups is 1. The fourth-order valence-corrected chi connectivity index (χ4v) is 4.73. The van der Waals surface area contributed by atoms with Crippen LogP contribution in [0.4, 0.5) is 0 Å². The van der Waals surface area contributed by atoms with Crippen molar-refractivity contribution in [1.29, 1.82) is 0 Å². The third-order valence-electron chi connectivity index (χ3n) is 5.57. The predicted octanol–water partition coefficient (Wildman–Crippen LogP) is 6.10. The molecular formula is C27H26N2O2S. The molecule has 162 valence electrons. The van der Waals surface area contributed by atoms with Crippen molar-refractivity contribution in [3.8, 4) is 5.69 Å². The van der Waals surface area contributed by atoms with Gasteiger partial charge in [0.25, 0.3) is 5.56 Å². The van der Waals surface area contributed by atoms with Crippen molar-refractivity contribution in [3.63, 3.8) is 0 Å². The Labute approximate surface area is 192 Å². The molecule has 0 saturated heterocycles. The number of nitrogens with zero attached hydrogens (tertiary/aromatic N) is 2. The van der Waals surface area contributed by atoms with Crippen LogP contribution < -0.4 is 5.56 Å². The fraction of sp³-hybridized carbons (Fsp3) is 0.222. The van der Waals surface area contributed by atoms with E-state index in [0.717, 1.165) is 27.9 Å². The van der Waals surface area contributed by atoms with Crippen LogP contribution in [0.1, 0.15) is 46.8 Å². The van der Waals surface area contributed by atoms with Crippen molar-refractivity contribution in [3.05, 3.63) is 99.3 Å². The molecule has 0 aliphatic carbocycles. The molecule has 0 atom stereocenters. The number of carbonyl (C=O) groups excluding carboxylic acids is 1. The van der Waals surface area contributed by atoms with E-state index in [1.165, 1.54) is 11.8 Å². The molecule has 0 fully saturated rings. The molecule has 0 bridgehead atoms. The van der Waals surface area contributed by atoms with Crippen LogP contribution >= 0.6 is 11.8 Å². The van der Waals surface area contributed by atoms with E-state index in [4.69, 9.17) is 4.98 Å². The van der Waals surface area contributed by atoms with Gasteiger partial charge in [0.2, 0.25) is 0 Å². The van der Waals surface area contributed by atoms with E-state index < -0.39 is 0 Å². The van der Waals surface area contributed by atoms with Crippen LogP contribution in [0.15, 0.2) is 76.7 Å². The van der Waals surface area contributed by atoms with E-state index in [-0.39, 0.29) is 23.0 Å². The number of rotatable bonds is 6. The minimum Gasteiger partial charge on any atom is -0.293 e. The maximum Gasteiger partial charge on any atom is 0.266 e. The molecule has 0 aliphatic rings. The van der Waals surface area contributed by atoms with E-state index in [1.807, 2.05) is 74.5 Å². The maximum absolute atomic E-state index is 13.6. The molecule has 0 radical (unpaired) electrons. The Kier molecular flexibility index (Phi) is 6.28. The minimum atomic E-state index is -0.120. The van der Waals surface area contributed by atoms with Gasteiger partial charge in [-0.3, -0.25) is 14.2 Å². The van der Waals surface area contributed by atoms with Gasteiger partial charge < -0.3 is 0 Å². The molecule has 0 spiro atoms. The Hall–Kier alpha value is -3.18. The smallest absolute Gasteiger partial charge is 0.266 e. The molecule has 0 saturated carbocycles. The van der Waals surface area contributed by atoms with Gasteiger partial charge in [-0.1, -0.05) is 73.6 Å². The fourth-order valence-electron chi connectivity index (χ4n) is 3.85. The lowest BCUT2D eigenvalue weighted by Crippen LogP contribution is -2.23. The normalized spacial score (nSPS) is 11.3. The second kappa shape index (κ2) is 9.13. The number of hydrogen-bond acceptors (Lipinski definition) is 4. The highest BCUT2D eigenvalue weighted by atomic mass is 32.2. The van der Waals surface area contributed by atoms with Crippen LogP contribution in [0, 0.1) is 13.8 Å². The number of benzene rings is 3. The topological polar surface area (TPSA) is 52.0 Å². The van der Waals surface area contributed by atoms with Gasteiger partial charge in [0.05, 0.1) is 22.3 Å². The monoisotopic (exact) mass is 442 g/mol. The van der Waals surface area contributed by atoms with E-state index >= 15 is 0 Å². The van der Waals surface area contributed by atoms with E-state index in [2.05, 4.69) is 13.8 Å². The van der Waals surface area contributed by atoms with Crippen LogP contribution in [-0.2, 0) is 0 Å². The molecule has 5 heteroatoms. The molecule has 4 aromatic rings. The number of aryl methyl sites for hydroxylation is 2. The zero-order valence-electron chi connectivity index (χ0n) is 18.8.